The Morgan fingerprint density at radius 2 is 1.38 bits per heavy atom. The molecule has 4 heteroatoms. The lowest BCUT2D eigenvalue weighted by atomic mass is 9.83. The summed E-state index contributed by atoms with van der Waals surface area (Å²) >= 11 is 0. The summed E-state index contributed by atoms with van der Waals surface area (Å²) in [6.45, 7) is 8.87. The number of rotatable bonds is 3. The highest BCUT2D eigenvalue weighted by molar-refractivity contribution is 7.79. The number of anilines is 1. The number of ketones is 1. The smallest absolute Gasteiger partial charge is 0.168 e. The van der Waals surface area contributed by atoms with Gasteiger partial charge in [-0.15, -0.1) is 0 Å². The van der Waals surface area contributed by atoms with Crippen molar-refractivity contribution in [2.75, 3.05) is 18.1 Å². The monoisotopic (exact) mass is 545 g/mol. The second-order valence-corrected chi connectivity index (χ2v) is 15.5. The highest BCUT2D eigenvalue weighted by atomic mass is 31.2. The lowest BCUT2D eigenvalue weighted by Crippen LogP contribution is -2.39. The number of Topliss-reactive ketones (excluding diaryl/α,β-unsaturated/α-hetero) is 1. The van der Waals surface area contributed by atoms with Gasteiger partial charge in [-0.1, -0.05) is 99.6 Å². The highest BCUT2D eigenvalue weighted by Gasteiger charge is 2.42. The Bertz CT molecular complexity index is 1730. The lowest BCUT2D eigenvalue weighted by molar-refractivity contribution is 0.0859. The van der Waals surface area contributed by atoms with E-state index in [9.17, 15) is 4.79 Å². The van der Waals surface area contributed by atoms with Gasteiger partial charge in [-0.3, -0.25) is 4.79 Å². The zero-order valence-corrected chi connectivity index (χ0v) is 24.7. The van der Waals surface area contributed by atoms with Gasteiger partial charge in [0.05, 0.1) is 6.04 Å². The van der Waals surface area contributed by atoms with E-state index < -0.39 is 12.6 Å². The number of hydrogen-bond donors (Lipinski definition) is 0. The molecule has 3 nitrogen and oxygen atoms in total. The van der Waals surface area contributed by atoms with E-state index in [-0.39, 0.29) is 11.8 Å². The summed E-state index contributed by atoms with van der Waals surface area (Å²) in [6, 6.07) is 27.6. The molecular formula is C36H36NO2P. The summed E-state index contributed by atoms with van der Waals surface area (Å²) in [5.41, 5.74) is 9.67. The molecule has 0 saturated heterocycles. The largest absolute Gasteiger partial charge is 0.364 e. The van der Waals surface area contributed by atoms with Gasteiger partial charge in [0.2, 0.25) is 0 Å². The van der Waals surface area contributed by atoms with Crippen LogP contribution in [-0.4, -0.2) is 19.0 Å². The van der Waals surface area contributed by atoms with Gasteiger partial charge < -0.3 is 9.46 Å². The third kappa shape index (κ3) is 3.71. The average molecular weight is 546 g/mol. The summed E-state index contributed by atoms with van der Waals surface area (Å²) in [7, 11) is -2.97. The quantitative estimate of drug-likeness (QED) is 0.194. The van der Waals surface area contributed by atoms with E-state index in [2.05, 4.69) is 59.5 Å². The Balaban J connectivity index is 1.40. The van der Waals surface area contributed by atoms with E-state index in [1.165, 1.54) is 22.4 Å². The van der Waals surface area contributed by atoms with E-state index in [1.807, 2.05) is 51.7 Å². The number of carbonyl (C=O) groups excluding carboxylic acids is 1. The molecule has 202 valence electrons. The van der Waals surface area contributed by atoms with Gasteiger partial charge in [0, 0.05) is 33.8 Å². The second-order valence-electron chi connectivity index (χ2n) is 12.8. The molecule has 0 saturated carbocycles. The molecule has 3 heterocycles. The number of fused-ring (bicyclic) bond motifs is 3. The van der Waals surface area contributed by atoms with Crippen molar-refractivity contribution in [3.63, 3.8) is 0 Å². The van der Waals surface area contributed by atoms with Crippen molar-refractivity contribution < 1.29 is 9.36 Å². The van der Waals surface area contributed by atoms with Crippen LogP contribution < -0.4 is 15.5 Å². The Kier molecular flexibility index (Phi) is 5.78. The number of hydrogen-bond acceptors (Lipinski definition) is 3. The fraction of sp³-hybridized carbons (Fsp3) is 0.306. The molecular weight excluding hydrogens is 509 g/mol. The molecule has 4 aromatic carbocycles. The van der Waals surface area contributed by atoms with Crippen molar-refractivity contribution in [1.29, 1.82) is 0 Å². The van der Waals surface area contributed by atoms with Gasteiger partial charge in [0.1, 0.15) is 7.14 Å². The summed E-state index contributed by atoms with van der Waals surface area (Å²) in [5, 5.41) is 1.93. The van der Waals surface area contributed by atoms with E-state index >= 15 is 4.57 Å². The SMILES string of the molecule is CC(C)(C)C(=O)c1ccccc1-c1cccc2c1P(C)(=O)c1c-2cccc1C1CCc2cccc3c2N1CCC3. The van der Waals surface area contributed by atoms with Crippen molar-refractivity contribution in [2.45, 2.75) is 52.5 Å². The zero-order valence-electron chi connectivity index (χ0n) is 23.8. The molecule has 0 aliphatic carbocycles. The van der Waals surface area contributed by atoms with E-state index in [4.69, 9.17) is 0 Å². The van der Waals surface area contributed by atoms with Crippen LogP contribution in [0.3, 0.4) is 0 Å². The van der Waals surface area contributed by atoms with E-state index in [1.54, 1.807) is 0 Å². The molecule has 0 aromatic heterocycles. The van der Waals surface area contributed by atoms with Crippen molar-refractivity contribution in [3.05, 3.63) is 101 Å². The van der Waals surface area contributed by atoms with Crippen molar-refractivity contribution in [2.24, 2.45) is 5.41 Å². The average Bonchev–Trinajstić information content (AvgIpc) is 3.20. The van der Waals surface area contributed by atoms with Crippen LogP contribution in [-0.2, 0) is 17.4 Å². The van der Waals surface area contributed by atoms with Gasteiger partial charge >= 0.3 is 0 Å². The minimum atomic E-state index is -2.97. The van der Waals surface area contributed by atoms with Gasteiger partial charge in [0.25, 0.3) is 0 Å². The molecule has 3 aliphatic rings. The van der Waals surface area contributed by atoms with Gasteiger partial charge in [-0.25, -0.2) is 0 Å². The van der Waals surface area contributed by atoms with Crippen LogP contribution in [0.4, 0.5) is 5.69 Å². The predicted molar refractivity (Wildman–Crippen MR) is 167 cm³/mol. The number of nitrogens with zero attached hydrogens (tertiary/aromatic N) is 1. The minimum absolute atomic E-state index is 0.101. The van der Waals surface area contributed by atoms with Crippen molar-refractivity contribution >= 4 is 29.2 Å². The first-order chi connectivity index (χ1) is 19.2. The van der Waals surface area contributed by atoms with Crippen LogP contribution in [0.15, 0.2) is 78.9 Å². The van der Waals surface area contributed by atoms with Crippen molar-refractivity contribution in [3.8, 4) is 22.3 Å². The molecule has 2 atom stereocenters. The summed E-state index contributed by atoms with van der Waals surface area (Å²) in [4.78, 5) is 16.1. The van der Waals surface area contributed by atoms with Gasteiger partial charge in [-0.05, 0) is 71.3 Å². The molecule has 7 rings (SSSR count). The molecule has 40 heavy (non-hydrogen) atoms. The minimum Gasteiger partial charge on any atom is -0.364 e. The molecule has 0 spiro atoms. The highest BCUT2D eigenvalue weighted by Crippen LogP contribution is 2.55. The maximum absolute atomic E-state index is 15.2. The Hall–Kier alpha value is -3.42. The summed E-state index contributed by atoms with van der Waals surface area (Å²) in [5.74, 6) is 0.101. The van der Waals surface area contributed by atoms with Crippen molar-refractivity contribution in [1.82, 2.24) is 0 Å². The Morgan fingerprint density at radius 3 is 2.12 bits per heavy atom. The Morgan fingerprint density at radius 1 is 0.775 bits per heavy atom. The Labute approximate surface area is 237 Å². The molecule has 4 aromatic rings. The molecule has 2 unspecified atom stereocenters. The van der Waals surface area contributed by atoms with Crippen LogP contribution in [0.2, 0.25) is 0 Å². The maximum Gasteiger partial charge on any atom is 0.168 e. The van der Waals surface area contributed by atoms with Crippen LogP contribution in [0.1, 0.15) is 66.7 Å². The maximum atomic E-state index is 15.2. The fourth-order valence-electron chi connectivity index (χ4n) is 7.45. The normalized spacial score (nSPS) is 21.0. The van der Waals surface area contributed by atoms with Crippen LogP contribution in [0.5, 0.6) is 0 Å². The molecule has 0 radical (unpaired) electrons. The molecule has 3 aliphatic heterocycles. The molecule has 0 bridgehead atoms. The number of carbonyl (C=O) groups is 1. The topological polar surface area (TPSA) is 37.4 Å². The first-order valence-corrected chi connectivity index (χ1v) is 16.7. The lowest BCUT2D eigenvalue weighted by Gasteiger charge is -2.44. The third-order valence-electron chi connectivity index (χ3n) is 9.15. The van der Waals surface area contributed by atoms with E-state index in [0.29, 0.717) is 5.56 Å². The summed E-state index contributed by atoms with van der Waals surface area (Å²) < 4.78 is 15.2. The third-order valence-corrected chi connectivity index (χ3v) is 11.8. The molecule has 0 N–H and O–H groups in total. The first kappa shape index (κ1) is 25.5. The fourth-order valence-corrected chi connectivity index (χ4v) is 10.3. The first-order valence-electron chi connectivity index (χ1n) is 14.5. The van der Waals surface area contributed by atoms with Gasteiger partial charge in [0.15, 0.2) is 5.78 Å². The van der Waals surface area contributed by atoms with E-state index in [0.717, 1.165) is 65.1 Å². The number of benzene rings is 4. The second kappa shape index (κ2) is 9.05. The predicted octanol–water partition coefficient (Wildman–Crippen LogP) is 7.95. The van der Waals surface area contributed by atoms with Crippen LogP contribution in [0, 0.1) is 5.41 Å². The standard InChI is InChI=1S/C36H36NO2P/c1-36(2,3)35(38)29-15-6-5-14-25(29)26-16-8-17-27-28-18-9-19-30(34(28)40(4,39)33(26)27)31-21-20-24-12-7-11-23-13-10-22-37(31)32(23)24/h5-9,11-12,14-19,31H,10,13,20-22H2,1-4H3. The number of para-hydroxylation sites is 1. The molecule has 0 fully saturated rings. The number of aryl methyl sites for hydroxylation is 2. The molecule has 0 amide bonds. The van der Waals surface area contributed by atoms with Crippen LogP contribution in [0.25, 0.3) is 22.3 Å². The van der Waals surface area contributed by atoms with Crippen LogP contribution >= 0.6 is 7.14 Å². The zero-order chi connectivity index (χ0) is 27.8. The summed E-state index contributed by atoms with van der Waals surface area (Å²) in [6.07, 6.45) is 4.35. The van der Waals surface area contributed by atoms with Gasteiger partial charge in [-0.2, -0.15) is 0 Å².